The number of nitrogens with zero attached hydrogens (tertiary/aromatic N) is 6. The maximum atomic E-state index is 13.0. The number of ether oxygens (including phenoxy) is 2. The molecule has 3 heterocycles. The first-order valence-electron chi connectivity index (χ1n) is 36.1. The molecule has 105 heavy (non-hydrogen) atoms. The number of aliphatic hydroxyl groups is 1. The normalized spacial score (nSPS) is 17.6. The lowest BCUT2D eigenvalue weighted by atomic mass is 9.89. The van der Waals surface area contributed by atoms with Crippen LogP contribution in [0.4, 0.5) is 43.7 Å². The molecule has 9 aromatic carbocycles. The lowest BCUT2D eigenvalue weighted by molar-refractivity contribution is -0.384. The molecule has 0 spiro atoms. The highest BCUT2D eigenvalue weighted by atomic mass is 35.5. The maximum absolute atomic E-state index is 13.0. The summed E-state index contributed by atoms with van der Waals surface area (Å²) in [6.07, 6.45) is 2.34. The SMILES string of the molecule is CC(C)(C)OC(=O)N1C[C@H](CN(Cc2cccc(N)c2)c2ccc(Cl)cc2)[C@@H](Cc2ccccc2)C1.CC(C)(C)OC(=O)N1C[C@H](CN(Cc2cccc([N+](=O)[O-])c2)c2ccc(Cl)cc2)[C@@H](Cc2ccccc2)C1.CO.Nc1cccc(CN(C[C@H]2CNC[C@@H]2Cc2ccccc2)c2ccc(Cl)cc2)c1. The number of aliphatic hydroxyl groups excluding tert-OH is 1. The average molecular weight is 1480 g/mol. The predicted molar refractivity (Wildman–Crippen MR) is 430 cm³/mol. The van der Waals surface area contributed by atoms with Crippen molar-refractivity contribution in [2.24, 2.45) is 35.5 Å². The second-order valence-corrected chi connectivity index (χ2v) is 30.9. The zero-order valence-electron chi connectivity index (χ0n) is 61.5. The van der Waals surface area contributed by atoms with Crippen LogP contribution in [0.15, 0.2) is 237 Å². The van der Waals surface area contributed by atoms with Gasteiger partial charge in [-0.25, -0.2) is 9.59 Å². The van der Waals surface area contributed by atoms with Crippen LogP contribution in [0.25, 0.3) is 0 Å². The summed E-state index contributed by atoms with van der Waals surface area (Å²) in [6, 6.07) is 78.3. The first-order valence-corrected chi connectivity index (χ1v) is 37.2. The number of nitrogen functional groups attached to an aromatic ring is 2. The minimum atomic E-state index is -0.568. The largest absolute Gasteiger partial charge is 0.444 e. The number of nitrogens with one attached hydrogen (secondary N) is 1. The summed E-state index contributed by atoms with van der Waals surface area (Å²) in [5.41, 5.74) is 23.0. The number of nitro benzene ring substituents is 1. The Morgan fingerprint density at radius 1 is 0.438 bits per heavy atom. The van der Waals surface area contributed by atoms with E-state index in [4.69, 9.17) is 60.9 Å². The molecule has 0 saturated carbocycles. The van der Waals surface area contributed by atoms with Crippen LogP contribution >= 0.6 is 34.8 Å². The number of carbonyl (C=O) groups excluding carboxylic acids is 2. The van der Waals surface area contributed by atoms with Gasteiger partial charge in [-0.15, -0.1) is 0 Å². The summed E-state index contributed by atoms with van der Waals surface area (Å²) in [7, 11) is 1.00. The van der Waals surface area contributed by atoms with Gasteiger partial charge < -0.3 is 55.9 Å². The molecular formula is C86H102Cl3N9O7. The molecule has 6 atom stereocenters. The number of hydrogen-bond donors (Lipinski definition) is 4. The van der Waals surface area contributed by atoms with Crippen LogP contribution < -0.4 is 31.5 Å². The van der Waals surface area contributed by atoms with E-state index >= 15 is 0 Å². The fraction of sp³-hybridized carbons (Fsp3) is 0.349. The quantitative estimate of drug-likeness (QED) is 0.0284. The smallest absolute Gasteiger partial charge is 0.410 e. The number of nitrogens with two attached hydrogens (primary N) is 2. The molecule has 554 valence electrons. The molecule has 0 aromatic heterocycles. The average Bonchev–Trinajstić information content (AvgIpc) is 1.70. The van der Waals surface area contributed by atoms with Crippen molar-refractivity contribution >= 4 is 81.1 Å². The van der Waals surface area contributed by atoms with Gasteiger partial charge in [0.05, 0.1) is 4.92 Å². The number of hydrogen-bond acceptors (Lipinski definition) is 13. The number of carbonyl (C=O) groups is 2. The Bertz CT molecular complexity index is 4150. The summed E-state index contributed by atoms with van der Waals surface area (Å²) in [5, 5.41) is 24.1. The third-order valence-electron chi connectivity index (χ3n) is 19.0. The van der Waals surface area contributed by atoms with E-state index in [0.29, 0.717) is 73.6 Å². The Kier molecular flexibility index (Phi) is 29.4. The number of anilines is 5. The molecule has 3 aliphatic rings. The van der Waals surface area contributed by atoms with Gasteiger partial charge in [0.25, 0.3) is 5.69 Å². The Hall–Kier alpha value is -9.29. The summed E-state index contributed by atoms with van der Waals surface area (Å²) >= 11 is 18.5. The summed E-state index contributed by atoms with van der Waals surface area (Å²) in [5.74, 6) is 2.20. The topological polar surface area (TPSA) is 196 Å². The van der Waals surface area contributed by atoms with Crippen LogP contribution in [-0.2, 0) is 48.4 Å². The van der Waals surface area contributed by atoms with E-state index < -0.39 is 11.2 Å². The lowest BCUT2D eigenvalue weighted by Crippen LogP contribution is -2.36. The summed E-state index contributed by atoms with van der Waals surface area (Å²) in [6.45, 7) is 20.5. The highest BCUT2D eigenvalue weighted by Gasteiger charge is 2.40. The van der Waals surface area contributed by atoms with Crippen molar-refractivity contribution in [2.45, 2.75) is 91.6 Å². The number of halogens is 3. The van der Waals surface area contributed by atoms with E-state index in [-0.39, 0.29) is 40.6 Å². The Morgan fingerprint density at radius 3 is 1.09 bits per heavy atom. The number of amides is 2. The van der Waals surface area contributed by atoms with Gasteiger partial charge in [-0.2, -0.15) is 0 Å². The van der Waals surface area contributed by atoms with Crippen LogP contribution in [0.1, 0.15) is 74.9 Å². The van der Waals surface area contributed by atoms with Gasteiger partial charge in [-0.1, -0.05) is 162 Å². The molecule has 16 nitrogen and oxygen atoms in total. The van der Waals surface area contributed by atoms with Gasteiger partial charge in [0, 0.05) is 128 Å². The third kappa shape index (κ3) is 25.5. The Labute approximate surface area is 636 Å². The maximum Gasteiger partial charge on any atom is 0.410 e. The molecule has 3 aliphatic heterocycles. The zero-order chi connectivity index (χ0) is 75.0. The first-order chi connectivity index (χ1) is 50.4. The monoisotopic (exact) mass is 1480 g/mol. The zero-order valence-corrected chi connectivity index (χ0v) is 63.7. The predicted octanol–water partition coefficient (Wildman–Crippen LogP) is 18.3. The minimum absolute atomic E-state index is 0.0671. The van der Waals surface area contributed by atoms with Crippen LogP contribution in [0.2, 0.25) is 15.1 Å². The molecule has 9 aromatic rings. The number of likely N-dealkylation sites (tertiary alicyclic amines) is 2. The molecule has 2 amide bonds. The van der Waals surface area contributed by atoms with Crippen molar-refractivity contribution in [3.05, 3.63) is 295 Å². The first kappa shape index (κ1) is 79.8. The van der Waals surface area contributed by atoms with E-state index in [1.54, 1.807) is 12.1 Å². The van der Waals surface area contributed by atoms with Gasteiger partial charge in [-0.3, -0.25) is 10.1 Å². The molecule has 0 unspecified atom stereocenters. The molecule has 0 aliphatic carbocycles. The van der Waals surface area contributed by atoms with Crippen LogP contribution in [0.3, 0.4) is 0 Å². The van der Waals surface area contributed by atoms with Crippen LogP contribution in [0, 0.1) is 45.6 Å². The fourth-order valence-electron chi connectivity index (χ4n) is 14.1. The Morgan fingerprint density at radius 2 is 0.743 bits per heavy atom. The van der Waals surface area contributed by atoms with Crippen LogP contribution in [-0.4, -0.2) is 109 Å². The third-order valence-corrected chi connectivity index (χ3v) is 19.8. The second kappa shape index (κ2) is 38.6. The van der Waals surface area contributed by atoms with Crippen molar-refractivity contribution in [3.8, 4) is 0 Å². The highest BCUT2D eigenvalue weighted by molar-refractivity contribution is 6.31. The Balaban J connectivity index is 0.000000182. The summed E-state index contributed by atoms with van der Waals surface area (Å²) < 4.78 is 11.4. The number of benzene rings is 9. The van der Waals surface area contributed by atoms with E-state index in [1.807, 2.05) is 161 Å². The molecule has 12 rings (SSSR count). The molecule has 3 fully saturated rings. The molecule has 6 N–H and O–H groups in total. The number of nitro groups is 1. The van der Waals surface area contributed by atoms with Crippen molar-refractivity contribution in [2.75, 3.05) is 92.2 Å². The molecular weight excluding hydrogens is 1380 g/mol. The van der Waals surface area contributed by atoms with E-state index in [9.17, 15) is 19.7 Å². The molecule has 0 bridgehead atoms. The minimum Gasteiger partial charge on any atom is -0.444 e. The van der Waals surface area contributed by atoms with Crippen molar-refractivity contribution in [1.29, 1.82) is 0 Å². The standard InChI is InChI=1S/C30H34ClN3O4.C30H36ClN3O2.C25H28ClN3.CH4O/c1-30(2,3)38-29(35)33-19-24(16-22-8-5-4-6-9-22)25(21-33)20-32(27-14-12-26(31)13-15-27)18-23-10-7-11-28(17-23)34(36)37;1-30(2,3)36-29(35)34-19-24(16-22-8-5-4-6-9-22)25(21-34)20-33(28-14-12-26(31)13-15-28)18-23-10-7-11-27(32)17-23;26-23-9-11-25(12-10-23)29(17-20-7-4-8-24(27)14-20)18-22-16-28-15-21(22)13-19-5-2-1-3-6-19;1-2/h4-15,17,24-25H,16,18-21H2,1-3H3;4-15,17,24-25H,16,18-21,32H2,1-3H3;1-12,14,21-22,28H,13,15-18,27H2;2H,1H3/t2*24-,25-;21-,22+;/m000./s1. The van der Waals surface area contributed by atoms with Gasteiger partial charge in [0.2, 0.25) is 0 Å². The van der Waals surface area contributed by atoms with Crippen molar-refractivity contribution in [1.82, 2.24) is 15.1 Å². The summed E-state index contributed by atoms with van der Waals surface area (Å²) in [4.78, 5) is 47.7. The fourth-order valence-corrected chi connectivity index (χ4v) is 14.5. The van der Waals surface area contributed by atoms with Gasteiger partial charge in [-0.05, 0) is 240 Å². The number of rotatable bonds is 22. The van der Waals surface area contributed by atoms with Gasteiger partial charge in [0.15, 0.2) is 0 Å². The second-order valence-electron chi connectivity index (χ2n) is 29.5. The van der Waals surface area contributed by atoms with Crippen LogP contribution in [0.5, 0.6) is 0 Å². The van der Waals surface area contributed by atoms with Crippen molar-refractivity contribution < 1.29 is 29.1 Å². The van der Waals surface area contributed by atoms with E-state index in [0.717, 1.165) is 98.0 Å². The van der Waals surface area contributed by atoms with E-state index in [1.165, 1.54) is 34.0 Å². The highest BCUT2D eigenvalue weighted by Crippen LogP contribution is 2.36. The molecule has 19 heteroatoms. The van der Waals surface area contributed by atoms with Gasteiger partial charge in [0.1, 0.15) is 11.2 Å². The van der Waals surface area contributed by atoms with Gasteiger partial charge >= 0.3 is 12.2 Å². The van der Waals surface area contributed by atoms with Crippen molar-refractivity contribution in [3.63, 3.8) is 0 Å². The molecule has 0 radical (unpaired) electrons. The van der Waals surface area contributed by atoms with E-state index in [2.05, 4.69) is 129 Å². The number of non-ortho nitro benzene ring substituents is 1. The molecule has 3 saturated heterocycles. The lowest BCUT2D eigenvalue weighted by Gasteiger charge is -2.30.